The Morgan fingerprint density at radius 3 is 2.10 bits per heavy atom. The van der Waals surface area contributed by atoms with Crippen molar-refractivity contribution in [2.75, 3.05) is 25.8 Å². The zero-order valence-electron chi connectivity index (χ0n) is 17.0. The number of tetrazole rings is 1. The van der Waals surface area contributed by atoms with Crippen LogP contribution in [-0.2, 0) is 0 Å². The Kier molecular flexibility index (Phi) is 5.55. The van der Waals surface area contributed by atoms with Crippen molar-refractivity contribution in [1.82, 2.24) is 25.2 Å². The second-order valence-electron chi connectivity index (χ2n) is 6.46. The lowest BCUT2D eigenvalue weighted by atomic mass is 10.3. The summed E-state index contributed by atoms with van der Waals surface area (Å²) < 4.78 is 12.1. The Hall–Kier alpha value is -3.95. The van der Waals surface area contributed by atoms with Crippen LogP contribution in [0.25, 0.3) is 11.8 Å². The SMILES string of the molecule is CCCN1N=NN(c2ccc(OC)cc2)/C1=C/c1nnnn1-c1ccc(OC)cc1. The van der Waals surface area contributed by atoms with Crippen molar-refractivity contribution in [1.29, 1.82) is 0 Å². The number of rotatable bonds is 7. The highest BCUT2D eigenvalue weighted by Crippen LogP contribution is 2.30. The fourth-order valence-electron chi connectivity index (χ4n) is 3.01. The van der Waals surface area contributed by atoms with E-state index in [9.17, 15) is 0 Å². The topological polar surface area (TPSA) is 93.3 Å². The van der Waals surface area contributed by atoms with E-state index < -0.39 is 0 Å². The third kappa shape index (κ3) is 3.79. The number of nitrogens with zero attached hydrogens (tertiary/aromatic N) is 8. The molecule has 154 valence electrons. The van der Waals surface area contributed by atoms with Gasteiger partial charge in [-0.1, -0.05) is 6.92 Å². The molecule has 1 aliphatic heterocycles. The summed E-state index contributed by atoms with van der Waals surface area (Å²) in [6, 6.07) is 15.1. The number of hydrogen-bond acceptors (Lipinski definition) is 9. The van der Waals surface area contributed by atoms with Crippen LogP contribution in [0.3, 0.4) is 0 Å². The van der Waals surface area contributed by atoms with Gasteiger partial charge in [0.05, 0.1) is 25.6 Å². The number of hydrogen-bond donors (Lipinski definition) is 0. The Bertz CT molecular complexity index is 1040. The van der Waals surface area contributed by atoms with Crippen LogP contribution in [0.4, 0.5) is 5.69 Å². The molecule has 10 heteroatoms. The molecule has 0 saturated heterocycles. The molecule has 2 aromatic carbocycles. The van der Waals surface area contributed by atoms with Crippen LogP contribution >= 0.6 is 0 Å². The smallest absolute Gasteiger partial charge is 0.183 e. The molecule has 0 fully saturated rings. The van der Waals surface area contributed by atoms with Crippen LogP contribution < -0.4 is 14.5 Å². The van der Waals surface area contributed by atoms with Gasteiger partial charge < -0.3 is 9.47 Å². The monoisotopic (exact) mass is 406 g/mol. The number of aromatic nitrogens is 4. The van der Waals surface area contributed by atoms with E-state index in [2.05, 4.69) is 32.9 Å². The third-order valence-corrected chi connectivity index (χ3v) is 4.54. The van der Waals surface area contributed by atoms with Crippen molar-refractivity contribution in [2.45, 2.75) is 13.3 Å². The van der Waals surface area contributed by atoms with E-state index in [0.717, 1.165) is 35.1 Å². The van der Waals surface area contributed by atoms with Crippen molar-refractivity contribution < 1.29 is 9.47 Å². The standard InChI is InChI=1S/C20H22N8O2/c1-4-13-26-20(28(25-24-26)16-7-11-18(30-3)12-8-16)14-19-21-22-23-27(19)15-5-9-17(29-2)10-6-15/h5-12,14H,4,13H2,1-3H3/b20-14+. The highest BCUT2D eigenvalue weighted by molar-refractivity contribution is 5.60. The van der Waals surface area contributed by atoms with Gasteiger partial charge in [-0.3, -0.25) is 0 Å². The van der Waals surface area contributed by atoms with Crippen LogP contribution in [-0.4, -0.2) is 46.0 Å². The lowest BCUT2D eigenvalue weighted by Gasteiger charge is -2.20. The van der Waals surface area contributed by atoms with E-state index in [1.807, 2.05) is 59.6 Å². The molecule has 0 bridgehead atoms. The molecule has 3 aromatic rings. The first-order chi connectivity index (χ1) is 14.7. The summed E-state index contributed by atoms with van der Waals surface area (Å²) in [4.78, 5) is 0. The van der Waals surface area contributed by atoms with Gasteiger partial charge in [-0.15, -0.1) is 5.10 Å². The quantitative estimate of drug-likeness (QED) is 0.593. The lowest BCUT2D eigenvalue weighted by molar-refractivity contribution is 0.375. The highest BCUT2D eigenvalue weighted by atomic mass is 16.5. The van der Waals surface area contributed by atoms with Gasteiger partial charge in [0.15, 0.2) is 11.6 Å². The van der Waals surface area contributed by atoms with Gasteiger partial charge in [-0.25, -0.2) is 5.01 Å². The second-order valence-corrected chi connectivity index (χ2v) is 6.46. The summed E-state index contributed by atoms with van der Waals surface area (Å²) in [5, 5.41) is 24.4. The Morgan fingerprint density at radius 2 is 1.50 bits per heavy atom. The summed E-state index contributed by atoms with van der Waals surface area (Å²) in [5.74, 6) is 2.85. The molecule has 30 heavy (non-hydrogen) atoms. The zero-order valence-corrected chi connectivity index (χ0v) is 17.0. The van der Waals surface area contributed by atoms with Gasteiger partial charge in [0, 0.05) is 12.6 Å². The first kappa shape index (κ1) is 19.4. The van der Waals surface area contributed by atoms with Gasteiger partial charge in [0.1, 0.15) is 11.5 Å². The van der Waals surface area contributed by atoms with Crippen LogP contribution in [0.2, 0.25) is 0 Å². The fourth-order valence-corrected chi connectivity index (χ4v) is 3.01. The maximum absolute atomic E-state index is 5.25. The molecule has 0 saturated carbocycles. The maximum atomic E-state index is 5.25. The van der Waals surface area contributed by atoms with Crippen molar-refractivity contribution in [3.8, 4) is 17.2 Å². The molecular formula is C20H22N8O2. The molecule has 0 spiro atoms. The van der Waals surface area contributed by atoms with E-state index in [4.69, 9.17) is 9.47 Å². The van der Waals surface area contributed by atoms with Crippen LogP contribution in [0.1, 0.15) is 19.2 Å². The van der Waals surface area contributed by atoms with E-state index in [1.165, 1.54) is 0 Å². The molecule has 10 nitrogen and oxygen atoms in total. The maximum Gasteiger partial charge on any atom is 0.183 e. The van der Waals surface area contributed by atoms with E-state index in [-0.39, 0.29) is 0 Å². The zero-order chi connectivity index (χ0) is 20.9. The van der Waals surface area contributed by atoms with Crippen molar-refractivity contribution >= 4 is 11.8 Å². The molecule has 0 N–H and O–H groups in total. The first-order valence-corrected chi connectivity index (χ1v) is 9.51. The average molecular weight is 406 g/mol. The molecule has 4 rings (SSSR count). The van der Waals surface area contributed by atoms with Crippen molar-refractivity contribution in [3.63, 3.8) is 0 Å². The van der Waals surface area contributed by atoms with Crippen LogP contribution in [0.5, 0.6) is 11.5 Å². The molecular weight excluding hydrogens is 384 g/mol. The number of methoxy groups -OCH3 is 2. The minimum Gasteiger partial charge on any atom is -0.497 e. The van der Waals surface area contributed by atoms with Gasteiger partial charge >= 0.3 is 0 Å². The number of ether oxygens (including phenoxy) is 2. The largest absolute Gasteiger partial charge is 0.497 e. The number of benzene rings is 2. The molecule has 1 aliphatic rings. The molecule has 0 atom stereocenters. The fraction of sp³-hybridized carbons (Fsp3) is 0.250. The minimum absolute atomic E-state index is 0.557. The summed E-state index contributed by atoms with van der Waals surface area (Å²) in [6.07, 6.45) is 2.78. The summed E-state index contributed by atoms with van der Waals surface area (Å²) >= 11 is 0. The third-order valence-electron chi connectivity index (χ3n) is 4.54. The molecule has 1 aromatic heterocycles. The van der Waals surface area contributed by atoms with Crippen molar-refractivity contribution in [3.05, 3.63) is 60.2 Å². The van der Waals surface area contributed by atoms with Gasteiger partial charge in [0.25, 0.3) is 0 Å². The first-order valence-electron chi connectivity index (χ1n) is 9.51. The molecule has 0 radical (unpaired) electrons. The predicted molar refractivity (Wildman–Crippen MR) is 111 cm³/mol. The summed E-state index contributed by atoms with van der Waals surface area (Å²) in [6.45, 7) is 2.80. The summed E-state index contributed by atoms with van der Waals surface area (Å²) in [7, 11) is 3.27. The van der Waals surface area contributed by atoms with Crippen molar-refractivity contribution in [2.24, 2.45) is 10.4 Å². The predicted octanol–water partition coefficient (Wildman–Crippen LogP) is 3.49. The molecule has 0 unspecified atom stereocenters. The second kappa shape index (κ2) is 8.60. The highest BCUT2D eigenvalue weighted by Gasteiger charge is 2.25. The minimum atomic E-state index is 0.557. The Balaban J connectivity index is 1.70. The van der Waals surface area contributed by atoms with Crippen LogP contribution in [0, 0.1) is 0 Å². The Labute approximate surface area is 174 Å². The van der Waals surface area contributed by atoms with Crippen LogP contribution in [0.15, 0.2) is 64.8 Å². The lowest BCUT2D eigenvalue weighted by Crippen LogP contribution is -2.23. The molecule has 2 heterocycles. The molecule has 0 amide bonds. The van der Waals surface area contributed by atoms with Gasteiger partial charge in [-0.2, -0.15) is 9.69 Å². The average Bonchev–Trinajstić information content (AvgIpc) is 3.42. The van der Waals surface area contributed by atoms with Gasteiger partial charge in [-0.05, 0) is 75.8 Å². The number of anilines is 1. The summed E-state index contributed by atoms with van der Waals surface area (Å²) in [5.41, 5.74) is 1.67. The Morgan fingerprint density at radius 1 is 0.867 bits per heavy atom. The van der Waals surface area contributed by atoms with Gasteiger partial charge in [0.2, 0.25) is 0 Å². The normalized spacial score (nSPS) is 14.6. The van der Waals surface area contributed by atoms with E-state index in [1.54, 1.807) is 23.9 Å². The molecule has 0 aliphatic carbocycles. The van der Waals surface area contributed by atoms with E-state index in [0.29, 0.717) is 12.4 Å². The van der Waals surface area contributed by atoms with E-state index >= 15 is 0 Å².